The molecule has 16 heteroatoms. The monoisotopic (exact) mass is 409 g/mol. The predicted molar refractivity (Wildman–Crippen MR) is 73.9 cm³/mol. The van der Waals surface area contributed by atoms with Crippen LogP contribution in [-0.2, 0) is 18.6 Å². The number of fused-ring (bicyclic) bond motifs is 1. The Bertz CT molecular complexity index is 657. The summed E-state index contributed by atoms with van der Waals surface area (Å²) in [5.41, 5.74) is 0. The number of rotatable bonds is 4. The third-order valence-corrected chi connectivity index (χ3v) is 3.94. The molecule has 1 saturated heterocycles. The first-order valence-electron chi connectivity index (χ1n) is 6.54. The molecule has 0 saturated carbocycles. The first-order chi connectivity index (χ1) is 10.7. The molecule has 3 heterocycles. The van der Waals surface area contributed by atoms with E-state index in [0.717, 1.165) is 0 Å². The maximum Gasteiger partial charge on any atom is 1.00 e. The first-order valence-corrected chi connectivity index (χ1v) is 8.00. The number of aliphatic hydroxyl groups excluding tert-OH is 1. The molecule has 0 aromatic carbocycles. The molecular weight excluding hydrogens is 395 g/mol. The molecule has 26 heavy (non-hydrogen) atoms. The number of carbonyl (C=O) groups excluding carboxylic acids is 1. The van der Waals surface area contributed by atoms with E-state index in [-0.39, 0.29) is 82.8 Å². The first kappa shape index (κ1) is 26.3. The number of nitrogens with zero attached hydrogens (tertiary/aromatic N) is 3. The van der Waals surface area contributed by atoms with Gasteiger partial charge in [-0.05, 0) is 0 Å². The smallest absolute Gasteiger partial charge is 0.790 e. The standard InChI is InChI=1S/C10H14N5O7P.2Na.H2O/c11-10-13-8-7(9(17)14-10)12-3-15(8)6-1-4(16)5(22-6)2-21-23(18,19)20;;;/h3-7,16H,1-2H2,(H2,11,14,17)(H2,18,19,20);;;1H2/q;2*+1;/p-2. The molecule has 0 spiro atoms. The molecule has 13 nitrogen and oxygen atoms in total. The number of phosphoric ester groups is 1. The van der Waals surface area contributed by atoms with Crippen LogP contribution in [-0.4, -0.2) is 70.6 Å². The van der Waals surface area contributed by atoms with E-state index in [2.05, 4.69) is 19.8 Å². The van der Waals surface area contributed by atoms with Gasteiger partial charge in [0.2, 0.25) is 5.96 Å². The molecule has 3 aliphatic heterocycles. The van der Waals surface area contributed by atoms with Gasteiger partial charge in [0.1, 0.15) is 12.3 Å². The fraction of sp³-hybridized carbons (Fsp3) is 0.600. The minimum Gasteiger partial charge on any atom is -0.790 e. The van der Waals surface area contributed by atoms with E-state index in [1.54, 1.807) is 0 Å². The number of aliphatic imine (C=N–C) groups is 2. The van der Waals surface area contributed by atoms with Crippen molar-refractivity contribution in [2.45, 2.75) is 30.9 Å². The number of amidine groups is 1. The van der Waals surface area contributed by atoms with Crippen molar-refractivity contribution in [2.75, 3.05) is 6.61 Å². The van der Waals surface area contributed by atoms with Crippen molar-refractivity contribution in [3.63, 3.8) is 0 Å². The molecule has 1 fully saturated rings. The largest absolute Gasteiger partial charge is 1.00 e. The Morgan fingerprint density at radius 2 is 2.15 bits per heavy atom. The number of phosphoric acid groups is 1. The van der Waals surface area contributed by atoms with Crippen LogP contribution in [0.1, 0.15) is 6.42 Å². The van der Waals surface area contributed by atoms with Gasteiger partial charge in [-0.1, -0.05) is 0 Å². The van der Waals surface area contributed by atoms with Gasteiger partial charge in [-0.2, -0.15) is 4.99 Å². The molecule has 0 aromatic rings. The summed E-state index contributed by atoms with van der Waals surface area (Å²) in [7, 11) is -5.17. The number of hydrogen-bond donors (Lipinski definition) is 3. The quantitative estimate of drug-likeness (QED) is 0.299. The predicted octanol–water partition coefficient (Wildman–Crippen LogP) is -10.3. The molecule has 3 rings (SSSR count). The molecule has 4 atom stereocenters. The van der Waals surface area contributed by atoms with Gasteiger partial charge in [0.15, 0.2) is 11.9 Å². The summed E-state index contributed by atoms with van der Waals surface area (Å²) in [4.78, 5) is 41.9. The fourth-order valence-electron chi connectivity index (χ4n) is 2.46. The normalized spacial score (nSPS) is 29.8. The van der Waals surface area contributed by atoms with Crippen LogP contribution in [0.2, 0.25) is 0 Å². The van der Waals surface area contributed by atoms with Gasteiger partial charge in [0.05, 0.1) is 26.9 Å². The van der Waals surface area contributed by atoms with E-state index >= 15 is 0 Å². The number of nitrogens with one attached hydrogen (secondary N) is 2. The molecule has 3 aliphatic rings. The third kappa shape index (κ3) is 5.88. The van der Waals surface area contributed by atoms with E-state index < -0.39 is 44.8 Å². The SMILES string of the molecule is N=C1N=C2C(N=CN2C2CC(O)C(COP(=O)([O-])[O-])O2)C(=O)N1.O.[Na+].[Na+]. The fourth-order valence-corrected chi connectivity index (χ4v) is 2.79. The maximum absolute atomic E-state index is 11.7. The summed E-state index contributed by atoms with van der Waals surface area (Å²) in [6.07, 6.45) is -1.52. The molecule has 0 aliphatic carbocycles. The Kier molecular flexibility index (Phi) is 10.3. The van der Waals surface area contributed by atoms with Crippen LogP contribution >= 0.6 is 7.82 Å². The van der Waals surface area contributed by atoms with Crippen LogP contribution in [0.3, 0.4) is 0 Å². The summed E-state index contributed by atoms with van der Waals surface area (Å²) in [5.74, 6) is -0.666. The summed E-state index contributed by atoms with van der Waals surface area (Å²) < 4.78 is 20.1. The minimum atomic E-state index is -5.17. The molecular formula is C10H14N5Na2O8P. The van der Waals surface area contributed by atoms with Crippen molar-refractivity contribution < 1.29 is 98.1 Å². The van der Waals surface area contributed by atoms with Crippen LogP contribution < -0.4 is 74.2 Å². The van der Waals surface area contributed by atoms with Crippen molar-refractivity contribution in [1.82, 2.24) is 10.2 Å². The van der Waals surface area contributed by atoms with E-state index in [1.807, 2.05) is 0 Å². The topological polar surface area (TPSA) is 214 Å². The maximum atomic E-state index is 11.7. The van der Waals surface area contributed by atoms with Gasteiger partial charge >= 0.3 is 59.1 Å². The second-order valence-electron chi connectivity index (χ2n) is 5.06. The summed E-state index contributed by atoms with van der Waals surface area (Å²) >= 11 is 0. The van der Waals surface area contributed by atoms with E-state index in [1.165, 1.54) is 11.2 Å². The molecule has 4 unspecified atom stereocenters. The second-order valence-corrected chi connectivity index (χ2v) is 6.21. The minimum absolute atomic E-state index is 0. The van der Waals surface area contributed by atoms with Gasteiger partial charge in [-0.15, -0.1) is 0 Å². The zero-order chi connectivity index (χ0) is 16.8. The average molecular weight is 409 g/mol. The Morgan fingerprint density at radius 3 is 2.77 bits per heavy atom. The van der Waals surface area contributed by atoms with Crippen LogP contribution in [0.5, 0.6) is 0 Å². The Hall–Kier alpha value is 0.270. The zero-order valence-electron chi connectivity index (χ0n) is 14.0. The molecule has 0 aromatic heterocycles. The Labute approximate surface area is 191 Å². The summed E-state index contributed by atoms with van der Waals surface area (Å²) in [6.45, 7) is -0.612. The number of amides is 1. The zero-order valence-corrected chi connectivity index (χ0v) is 18.9. The van der Waals surface area contributed by atoms with Gasteiger partial charge < -0.3 is 34.2 Å². The summed E-state index contributed by atoms with van der Waals surface area (Å²) in [5, 5.41) is 19.5. The number of carbonyl (C=O) groups is 1. The average Bonchev–Trinajstić information content (AvgIpc) is 2.99. The van der Waals surface area contributed by atoms with Gasteiger partial charge in [-0.3, -0.25) is 25.4 Å². The summed E-state index contributed by atoms with van der Waals surface area (Å²) in [6, 6.07) is -0.899. The molecule has 0 radical (unpaired) electrons. The van der Waals surface area contributed by atoms with Crippen LogP contribution in [0.4, 0.5) is 0 Å². The van der Waals surface area contributed by atoms with Crippen LogP contribution in [0.25, 0.3) is 0 Å². The third-order valence-electron chi connectivity index (χ3n) is 3.48. The Morgan fingerprint density at radius 1 is 1.50 bits per heavy atom. The van der Waals surface area contributed by atoms with Gasteiger partial charge in [-0.25, -0.2) is 0 Å². The van der Waals surface area contributed by atoms with Crippen molar-refractivity contribution >= 4 is 31.9 Å². The molecule has 0 bridgehead atoms. The number of aliphatic hydroxyl groups is 1. The van der Waals surface area contributed by atoms with E-state index in [4.69, 9.17) is 10.1 Å². The van der Waals surface area contributed by atoms with Crippen LogP contribution in [0, 0.1) is 5.41 Å². The van der Waals surface area contributed by atoms with Crippen molar-refractivity contribution in [1.29, 1.82) is 5.41 Å². The molecule has 5 N–H and O–H groups in total. The van der Waals surface area contributed by atoms with Gasteiger partial charge in [0, 0.05) is 6.42 Å². The number of guanidine groups is 1. The van der Waals surface area contributed by atoms with Crippen molar-refractivity contribution in [3.05, 3.63) is 0 Å². The second kappa shape index (κ2) is 10.2. The molecule has 134 valence electrons. The van der Waals surface area contributed by atoms with E-state index in [0.29, 0.717) is 0 Å². The van der Waals surface area contributed by atoms with Crippen molar-refractivity contribution in [2.24, 2.45) is 9.98 Å². The number of ether oxygens (including phenoxy) is 1. The molecule has 1 amide bonds. The van der Waals surface area contributed by atoms with Gasteiger partial charge in [0.25, 0.3) is 5.91 Å². The van der Waals surface area contributed by atoms with Crippen molar-refractivity contribution in [3.8, 4) is 0 Å². The van der Waals surface area contributed by atoms with Crippen LogP contribution in [0.15, 0.2) is 9.98 Å². The number of hydrogen-bond acceptors (Lipinski definition) is 10. The van der Waals surface area contributed by atoms with E-state index in [9.17, 15) is 24.3 Å². The Balaban J connectivity index is 0.00000208.